The topological polar surface area (TPSA) is 3.24 Å². The zero-order valence-corrected chi connectivity index (χ0v) is 11.2. The monoisotopic (exact) mass is 305 g/mol. The number of hydrogen-bond acceptors (Lipinski definition) is 1. The van der Waals surface area contributed by atoms with Gasteiger partial charge >= 0.3 is 0 Å². The fourth-order valence-corrected chi connectivity index (χ4v) is 2.02. The Morgan fingerprint density at radius 3 is 2.46 bits per heavy atom. The third-order valence-electron chi connectivity index (χ3n) is 1.95. The van der Waals surface area contributed by atoms with Crippen molar-refractivity contribution in [3.8, 4) is 0 Å². The van der Waals surface area contributed by atoms with Crippen molar-refractivity contribution in [2.75, 3.05) is 14.1 Å². The van der Waals surface area contributed by atoms with Crippen LogP contribution < -0.4 is 0 Å². The Hall–Kier alpha value is 0.140. The predicted molar refractivity (Wildman–Crippen MR) is 64.2 cm³/mol. The average Bonchev–Trinajstić information content (AvgIpc) is 2.08. The van der Waals surface area contributed by atoms with E-state index in [0.29, 0.717) is 0 Å². The third kappa shape index (κ3) is 2.79. The van der Waals surface area contributed by atoms with Gasteiger partial charge in [-0.15, -0.1) is 0 Å². The SMILES string of the molecule is Cc1ccc(Br)cc1C(Br)N(C)C. The molecule has 1 aromatic carbocycles. The van der Waals surface area contributed by atoms with E-state index in [9.17, 15) is 0 Å². The highest BCUT2D eigenvalue weighted by Crippen LogP contribution is 2.29. The number of alkyl halides is 1. The van der Waals surface area contributed by atoms with Gasteiger partial charge < -0.3 is 0 Å². The lowest BCUT2D eigenvalue weighted by atomic mass is 10.1. The summed E-state index contributed by atoms with van der Waals surface area (Å²) in [6.45, 7) is 2.12. The number of benzene rings is 1. The van der Waals surface area contributed by atoms with Crippen LogP contribution in [-0.4, -0.2) is 19.0 Å². The number of aryl methyl sites for hydroxylation is 1. The molecule has 0 saturated carbocycles. The largest absolute Gasteiger partial charge is 0.293 e. The molecule has 13 heavy (non-hydrogen) atoms. The molecule has 0 N–H and O–H groups in total. The van der Waals surface area contributed by atoms with Crippen LogP contribution in [0.15, 0.2) is 22.7 Å². The predicted octanol–water partition coefficient (Wildman–Crippen LogP) is 3.71. The van der Waals surface area contributed by atoms with E-state index in [2.05, 4.69) is 76.0 Å². The van der Waals surface area contributed by atoms with Gasteiger partial charge in [0.2, 0.25) is 0 Å². The van der Waals surface area contributed by atoms with Gasteiger partial charge in [-0.2, -0.15) is 0 Å². The normalized spacial score (nSPS) is 13.4. The van der Waals surface area contributed by atoms with Crippen LogP contribution in [0.25, 0.3) is 0 Å². The number of rotatable bonds is 2. The molecule has 72 valence electrons. The molecule has 0 bridgehead atoms. The van der Waals surface area contributed by atoms with Crippen LogP contribution in [0.1, 0.15) is 16.1 Å². The zero-order valence-electron chi connectivity index (χ0n) is 8.01. The van der Waals surface area contributed by atoms with E-state index in [1.165, 1.54) is 11.1 Å². The molecule has 0 aliphatic heterocycles. The molecule has 0 saturated heterocycles. The Kier molecular flexibility index (Phi) is 3.95. The second kappa shape index (κ2) is 4.58. The Morgan fingerprint density at radius 1 is 1.31 bits per heavy atom. The Bertz CT molecular complexity index is 297. The Balaban J connectivity index is 3.05. The lowest BCUT2D eigenvalue weighted by Crippen LogP contribution is -2.15. The molecule has 1 rings (SSSR count). The summed E-state index contributed by atoms with van der Waals surface area (Å²) in [6, 6.07) is 6.33. The van der Waals surface area contributed by atoms with E-state index >= 15 is 0 Å². The van der Waals surface area contributed by atoms with E-state index in [1.807, 2.05) is 0 Å². The summed E-state index contributed by atoms with van der Waals surface area (Å²) in [4.78, 5) is 2.42. The van der Waals surface area contributed by atoms with Gasteiger partial charge in [-0.25, -0.2) is 0 Å². The molecule has 1 aromatic rings. The van der Waals surface area contributed by atoms with Crippen LogP contribution in [-0.2, 0) is 0 Å². The molecule has 1 atom stereocenters. The van der Waals surface area contributed by atoms with Gasteiger partial charge in [0, 0.05) is 4.47 Å². The first-order valence-corrected chi connectivity index (χ1v) is 5.80. The second-order valence-corrected chi connectivity index (χ2v) is 5.08. The van der Waals surface area contributed by atoms with Gasteiger partial charge in [0.1, 0.15) is 0 Å². The Morgan fingerprint density at radius 2 is 1.92 bits per heavy atom. The maximum absolute atomic E-state index is 3.64. The van der Waals surface area contributed by atoms with Crippen LogP contribution in [0.2, 0.25) is 0 Å². The third-order valence-corrected chi connectivity index (χ3v) is 3.76. The van der Waals surface area contributed by atoms with E-state index in [1.54, 1.807) is 0 Å². The van der Waals surface area contributed by atoms with Gasteiger partial charge in [-0.05, 0) is 44.3 Å². The minimum absolute atomic E-state index is 0.282. The first-order valence-electron chi connectivity index (χ1n) is 4.09. The second-order valence-electron chi connectivity index (χ2n) is 3.30. The van der Waals surface area contributed by atoms with Crippen molar-refractivity contribution in [3.05, 3.63) is 33.8 Å². The van der Waals surface area contributed by atoms with E-state index in [-0.39, 0.29) is 4.95 Å². The molecule has 0 aromatic heterocycles. The summed E-state index contributed by atoms with van der Waals surface area (Å²) in [6.07, 6.45) is 0. The summed E-state index contributed by atoms with van der Waals surface area (Å²) >= 11 is 7.11. The fourth-order valence-electron chi connectivity index (χ4n) is 1.15. The van der Waals surface area contributed by atoms with Gasteiger partial charge in [0.05, 0.1) is 4.95 Å². The number of nitrogens with zero attached hydrogens (tertiary/aromatic N) is 1. The standard InChI is InChI=1S/C10H13Br2N/c1-7-4-5-8(11)6-9(7)10(12)13(2)3/h4-6,10H,1-3H3. The van der Waals surface area contributed by atoms with Crippen molar-refractivity contribution >= 4 is 31.9 Å². The maximum atomic E-state index is 3.64. The minimum atomic E-state index is 0.282. The number of hydrogen-bond donors (Lipinski definition) is 0. The van der Waals surface area contributed by atoms with Gasteiger partial charge in [0.25, 0.3) is 0 Å². The summed E-state index contributed by atoms with van der Waals surface area (Å²) < 4.78 is 1.12. The summed E-state index contributed by atoms with van der Waals surface area (Å²) in [7, 11) is 4.11. The van der Waals surface area contributed by atoms with Crippen molar-refractivity contribution in [1.29, 1.82) is 0 Å². The molecule has 0 aliphatic rings. The van der Waals surface area contributed by atoms with Crippen LogP contribution in [0.5, 0.6) is 0 Å². The quantitative estimate of drug-likeness (QED) is 0.595. The minimum Gasteiger partial charge on any atom is -0.293 e. The fraction of sp³-hybridized carbons (Fsp3) is 0.400. The van der Waals surface area contributed by atoms with Crippen LogP contribution in [0.4, 0.5) is 0 Å². The van der Waals surface area contributed by atoms with Crippen molar-refractivity contribution in [3.63, 3.8) is 0 Å². The first-order chi connectivity index (χ1) is 6.02. The van der Waals surface area contributed by atoms with Crippen molar-refractivity contribution in [2.45, 2.75) is 11.9 Å². The molecular weight excluding hydrogens is 294 g/mol. The Labute approximate surface area is 96.4 Å². The van der Waals surface area contributed by atoms with Crippen LogP contribution in [0, 0.1) is 6.92 Å². The molecule has 0 aliphatic carbocycles. The average molecular weight is 307 g/mol. The number of halogens is 2. The van der Waals surface area contributed by atoms with Gasteiger partial charge in [0.15, 0.2) is 0 Å². The molecule has 0 fully saturated rings. The lowest BCUT2D eigenvalue weighted by Gasteiger charge is -2.20. The van der Waals surface area contributed by atoms with Crippen molar-refractivity contribution in [1.82, 2.24) is 4.90 Å². The molecule has 3 heteroatoms. The maximum Gasteiger partial charge on any atom is 0.0909 e. The van der Waals surface area contributed by atoms with Gasteiger partial charge in [-0.1, -0.05) is 37.9 Å². The molecular formula is C10H13Br2N. The highest BCUT2D eigenvalue weighted by Gasteiger charge is 2.11. The molecule has 0 radical (unpaired) electrons. The highest BCUT2D eigenvalue weighted by atomic mass is 79.9. The summed E-state index contributed by atoms with van der Waals surface area (Å²) in [5.74, 6) is 0. The highest BCUT2D eigenvalue weighted by molar-refractivity contribution is 9.10. The molecule has 0 spiro atoms. The summed E-state index contributed by atoms with van der Waals surface area (Å²) in [5, 5.41) is 0. The molecule has 0 heterocycles. The van der Waals surface area contributed by atoms with E-state index < -0.39 is 0 Å². The van der Waals surface area contributed by atoms with Crippen LogP contribution in [0.3, 0.4) is 0 Å². The van der Waals surface area contributed by atoms with E-state index in [4.69, 9.17) is 0 Å². The smallest absolute Gasteiger partial charge is 0.0909 e. The first kappa shape index (κ1) is 11.2. The molecule has 1 unspecified atom stereocenters. The van der Waals surface area contributed by atoms with Crippen molar-refractivity contribution in [2.24, 2.45) is 0 Å². The molecule has 1 nitrogen and oxygen atoms in total. The summed E-state index contributed by atoms with van der Waals surface area (Å²) in [5.41, 5.74) is 2.61. The zero-order chi connectivity index (χ0) is 10.0. The molecule has 0 amide bonds. The van der Waals surface area contributed by atoms with Crippen molar-refractivity contribution < 1.29 is 0 Å². The van der Waals surface area contributed by atoms with Gasteiger partial charge in [-0.3, -0.25) is 4.90 Å². The lowest BCUT2D eigenvalue weighted by molar-refractivity contribution is 0.397. The van der Waals surface area contributed by atoms with Crippen LogP contribution >= 0.6 is 31.9 Å². The van der Waals surface area contributed by atoms with E-state index in [0.717, 1.165) is 4.47 Å².